The van der Waals surface area contributed by atoms with Crippen LogP contribution < -0.4 is 10.2 Å². The summed E-state index contributed by atoms with van der Waals surface area (Å²) in [6, 6.07) is 17.2. The van der Waals surface area contributed by atoms with Crippen LogP contribution in [0.2, 0.25) is 0 Å². The first kappa shape index (κ1) is 18.4. The summed E-state index contributed by atoms with van der Waals surface area (Å²) < 4.78 is 4.71. The molecule has 138 valence electrons. The number of benzene rings is 2. The van der Waals surface area contributed by atoms with E-state index in [1.54, 1.807) is 30.5 Å². The summed E-state index contributed by atoms with van der Waals surface area (Å²) in [6.07, 6.45) is 1.73. The molecule has 1 heterocycles. The van der Waals surface area contributed by atoms with E-state index in [1.165, 1.54) is 12.7 Å². The van der Waals surface area contributed by atoms with E-state index in [0.717, 1.165) is 23.7 Å². The molecule has 0 aliphatic heterocycles. The average Bonchev–Trinajstić information content (AvgIpc) is 2.69. The van der Waals surface area contributed by atoms with Crippen LogP contribution in [-0.2, 0) is 4.74 Å². The lowest BCUT2D eigenvalue weighted by Crippen LogP contribution is -2.18. The van der Waals surface area contributed by atoms with Crippen LogP contribution in [0.15, 0.2) is 60.8 Å². The van der Waals surface area contributed by atoms with E-state index >= 15 is 0 Å². The molecule has 0 atom stereocenters. The Kier molecular flexibility index (Phi) is 5.66. The minimum atomic E-state index is -0.364. The van der Waals surface area contributed by atoms with Crippen LogP contribution in [-0.4, -0.2) is 29.6 Å². The zero-order chi connectivity index (χ0) is 19.2. The summed E-state index contributed by atoms with van der Waals surface area (Å²) in [5, 5.41) is 3.17. The Morgan fingerprint density at radius 1 is 1.15 bits per heavy atom. The van der Waals surface area contributed by atoms with Crippen molar-refractivity contribution in [1.29, 1.82) is 0 Å². The van der Waals surface area contributed by atoms with Crippen molar-refractivity contribution in [2.75, 3.05) is 23.9 Å². The molecule has 1 aromatic heterocycles. The van der Waals surface area contributed by atoms with E-state index in [4.69, 9.17) is 4.74 Å². The van der Waals surface area contributed by atoms with E-state index in [0.29, 0.717) is 11.5 Å². The van der Waals surface area contributed by atoms with Crippen molar-refractivity contribution >= 4 is 29.1 Å². The van der Waals surface area contributed by atoms with E-state index in [2.05, 4.69) is 52.2 Å². The Morgan fingerprint density at radius 3 is 2.59 bits per heavy atom. The first-order chi connectivity index (χ1) is 13.1. The number of anilines is 4. The molecular weight excluding hydrogens is 340 g/mol. The Balaban J connectivity index is 1.81. The fourth-order valence-electron chi connectivity index (χ4n) is 2.77. The fourth-order valence-corrected chi connectivity index (χ4v) is 2.77. The molecule has 3 aromatic rings. The molecule has 0 fully saturated rings. The Hall–Kier alpha value is -3.41. The molecule has 0 spiro atoms. The highest BCUT2D eigenvalue weighted by molar-refractivity contribution is 5.89. The zero-order valence-corrected chi connectivity index (χ0v) is 15.6. The number of carbonyl (C=O) groups is 1. The lowest BCUT2D eigenvalue weighted by molar-refractivity contribution is 0.0601. The van der Waals surface area contributed by atoms with Crippen molar-refractivity contribution in [1.82, 2.24) is 9.97 Å². The topological polar surface area (TPSA) is 67.4 Å². The molecule has 0 radical (unpaired) electrons. The van der Waals surface area contributed by atoms with Gasteiger partial charge in [-0.1, -0.05) is 12.1 Å². The van der Waals surface area contributed by atoms with Crippen LogP contribution in [0.1, 0.15) is 22.8 Å². The molecule has 0 bridgehead atoms. The lowest BCUT2D eigenvalue weighted by Gasteiger charge is -2.22. The molecule has 1 N–H and O–H groups in total. The van der Waals surface area contributed by atoms with Gasteiger partial charge in [0.05, 0.1) is 12.7 Å². The van der Waals surface area contributed by atoms with Crippen molar-refractivity contribution in [3.8, 4) is 0 Å². The molecular formula is C21H22N4O2. The largest absolute Gasteiger partial charge is 0.465 e. The molecule has 6 heteroatoms. The number of esters is 1. The van der Waals surface area contributed by atoms with Crippen LogP contribution in [0.4, 0.5) is 23.1 Å². The van der Waals surface area contributed by atoms with Gasteiger partial charge >= 0.3 is 5.97 Å². The molecule has 0 unspecified atom stereocenters. The third-order valence-corrected chi connectivity index (χ3v) is 4.11. The maximum Gasteiger partial charge on any atom is 0.337 e. The second-order valence-electron chi connectivity index (χ2n) is 6.02. The van der Waals surface area contributed by atoms with Crippen molar-refractivity contribution in [3.63, 3.8) is 0 Å². The first-order valence-electron chi connectivity index (χ1n) is 8.73. The second-order valence-corrected chi connectivity index (χ2v) is 6.02. The molecule has 0 aliphatic rings. The highest BCUT2D eigenvalue weighted by Gasteiger charge is 2.11. The summed E-state index contributed by atoms with van der Waals surface area (Å²) in [5.41, 5.74) is 3.57. The summed E-state index contributed by atoms with van der Waals surface area (Å²) in [5.74, 6) is 0.938. The molecule has 27 heavy (non-hydrogen) atoms. The van der Waals surface area contributed by atoms with Crippen molar-refractivity contribution in [2.24, 2.45) is 0 Å². The molecule has 0 saturated heterocycles. The van der Waals surface area contributed by atoms with E-state index in [9.17, 15) is 4.79 Å². The summed E-state index contributed by atoms with van der Waals surface area (Å²) >= 11 is 0. The molecule has 3 rings (SSSR count). The van der Waals surface area contributed by atoms with Gasteiger partial charge in [0.2, 0.25) is 5.95 Å². The van der Waals surface area contributed by atoms with Gasteiger partial charge in [-0.05, 0) is 61.9 Å². The highest BCUT2D eigenvalue weighted by atomic mass is 16.5. The molecule has 0 amide bonds. The van der Waals surface area contributed by atoms with Crippen LogP contribution in [0.25, 0.3) is 0 Å². The third-order valence-electron chi connectivity index (χ3n) is 4.11. The number of methoxy groups -OCH3 is 1. The predicted molar refractivity (Wildman–Crippen MR) is 107 cm³/mol. The fraction of sp³-hybridized carbons (Fsp3) is 0.190. The molecule has 6 nitrogen and oxygen atoms in total. The number of ether oxygens (including phenoxy) is 1. The summed E-state index contributed by atoms with van der Waals surface area (Å²) in [4.78, 5) is 22.6. The van der Waals surface area contributed by atoms with Gasteiger partial charge in [0.25, 0.3) is 0 Å². The van der Waals surface area contributed by atoms with Crippen molar-refractivity contribution in [3.05, 3.63) is 71.9 Å². The minimum Gasteiger partial charge on any atom is -0.465 e. The normalized spacial score (nSPS) is 10.3. The number of hydrogen-bond acceptors (Lipinski definition) is 6. The van der Waals surface area contributed by atoms with Crippen LogP contribution in [0.5, 0.6) is 0 Å². The van der Waals surface area contributed by atoms with E-state index in [1.807, 2.05) is 12.1 Å². The number of nitrogens with zero attached hydrogens (tertiary/aromatic N) is 3. The number of aryl methyl sites for hydroxylation is 1. The van der Waals surface area contributed by atoms with Gasteiger partial charge in [-0.25, -0.2) is 9.78 Å². The zero-order valence-electron chi connectivity index (χ0n) is 15.6. The van der Waals surface area contributed by atoms with Gasteiger partial charge in [-0.2, -0.15) is 4.98 Å². The average molecular weight is 362 g/mol. The smallest absolute Gasteiger partial charge is 0.337 e. The van der Waals surface area contributed by atoms with E-state index < -0.39 is 0 Å². The van der Waals surface area contributed by atoms with Gasteiger partial charge < -0.3 is 15.0 Å². The van der Waals surface area contributed by atoms with E-state index in [-0.39, 0.29) is 5.97 Å². The lowest BCUT2D eigenvalue weighted by atomic mass is 10.2. The minimum absolute atomic E-state index is 0.364. The van der Waals surface area contributed by atoms with Gasteiger partial charge in [0.1, 0.15) is 5.82 Å². The quantitative estimate of drug-likeness (QED) is 0.653. The monoisotopic (exact) mass is 362 g/mol. The number of nitrogens with one attached hydrogen (secondary N) is 1. The highest BCUT2D eigenvalue weighted by Crippen LogP contribution is 2.25. The maximum absolute atomic E-state index is 11.5. The molecule has 2 aromatic carbocycles. The van der Waals surface area contributed by atoms with Crippen LogP contribution in [0.3, 0.4) is 0 Å². The summed E-state index contributed by atoms with van der Waals surface area (Å²) in [6.45, 7) is 4.94. The van der Waals surface area contributed by atoms with Gasteiger partial charge in [0.15, 0.2) is 0 Å². The molecule has 0 aliphatic carbocycles. The van der Waals surface area contributed by atoms with Gasteiger partial charge in [-0.3, -0.25) is 0 Å². The number of hydrogen-bond donors (Lipinski definition) is 1. The van der Waals surface area contributed by atoms with Gasteiger partial charge in [0, 0.05) is 24.1 Å². The Bertz CT molecular complexity index is 925. The number of carbonyl (C=O) groups excluding carboxylic acids is 1. The number of rotatable bonds is 6. The summed E-state index contributed by atoms with van der Waals surface area (Å²) in [7, 11) is 1.36. The predicted octanol–water partition coefficient (Wildman–Crippen LogP) is 4.47. The Morgan fingerprint density at radius 2 is 1.93 bits per heavy atom. The van der Waals surface area contributed by atoms with Gasteiger partial charge in [-0.15, -0.1) is 0 Å². The van der Waals surface area contributed by atoms with Crippen molar-refractivity contribution in [2.45, 2.75) is 13.8 Å². The van der Waals surface area contributed by atoms with Crippen molar-refractivity contribution < 1.29 is 9.53 Å². The maximum atomic E-state index is 11.5. The second kappa shape index (κ2) is 8.31. The van der Waals surface area contributed by atoms with Crippen LogP contribution in [0, 0.1) is 6.92 Å². The first-order valence-corrected chi connectivity index (χ1v) is 8.73. The number of aromatic nitrogens is 2. The van der Waals surface area contributed by atoms with Crippen LogP contribution >= 0.6 is 0 Å². The SMILES string of the molecule is CCN(c1cccc(C)c1)c1ccnc(Nc2ccc(C(=O)OC)cc2)n1. The molecule has 0 saturated carbocycles. The Labute approximate surface area is 158 Å². The third kappa shape index (κ3) is 4.41. The standard InChI is InChI=1S/C21H22N4O2/c1-4-25(18-7-5-6-15(2)14-18)19-12-13-22-21(24-19)23-17-10-8-16(9-11-17)20(26)27-3/h5-14H,4H2,1-3H3,(H,22,23,24).